The van der Waals surface area contributed by atoms with Gasteiger partial charge in [0.15, 0.2) is 0 Å². The van der Waals surface area contributed by atoms with Crippen molar-refractivity contribution in [3.8, 4) is 22.5 Å². The molecule has 0 atom stereocenters. The number of hydrogen-bond donors (Lipinski definition) is 1. The van der Waals surface area contributed by atoms with E-state index < -0.39 is 44.0 Å². The maximum Gasteiger partial charge on any atom is 0.373 e. The predicted octanol–water partition coefficient (Wildman–Crippen LogP) is 5.49. The number of carbonyl (C=O) groups excluding carboxylic acids is 2. The lowest BCUT2D eigenvalue weighted by Crippen LogP contribution is -2.57. The topological polar surface area (TPSA) is 90.8 Å². The molecule has 0 aromatic heterocycles. The molecular formula is C31H27F4N2O5+. The average Bonchev–Trinajstić information content (AvgIpc) is 2.87. The smallest absolute Gasteiger partial charge is 0.373 e. The van der Waals surface area contributed by atoms with Gasteiger partial charge in [0.05, 0.1) is 24.7 Å². The monoisotopic (exact) mass is 583 g/mol. The molecule has 3 heterocycles. The van der Waals surface area contributed by atoms with Crippen molar-refractivity contribution in [2.75, 3.05) is 31.1 Å². The van der Waals surface area contributed by atoms with Crippen molar-refractivity contribution in [3.63, 3.8) is 0 Å². The SMILES string of the molecule is CC(C)(C)c1ccc(C(=O)O)c(-c2c3ccc(=[N+]4CC(F)(F)C4)cc-3oc3cc(N4CC(F)(F)C4)ccc23)c1.O=C=O. The first-order chi connectivity index (χ1) is 19.6. The third-order valence-electron chi connectivity index (χ3n) is 7.49. The summed E-state index contributed by atoms with van der Waals surface area (Å²) in [6.45, 7) is 4.51. The Bertz CT molecular complexity index is 1780. The fourth-order valence-electron chi connectivity index (χ4n) is 5.34. The number of carboxylic acids is 1. The van der Waals surface area contributed by atoms with Gasteiger partial charge in [-0.25, -0.2) is 18.2 Å². The van der Waals surface area contributed by atoms with Gasteiger partial charge in [-0.2, -0.15) is 18.4 Å². The number of nitrogens with zero attached hydrogens (tertiary/aromatic N) is 2. The Morgan fingerprint density at radius 3 is 2.17 bits per heavy atom. The van der Waals surface area contributed by atoms with E-state index in [2.05, 4.69) is 0 Å². The predicted molar refractivity (Wildman–Crippen MR) is 146 cm³/mol. The molecule has 11 heteroatoms. The van der Waals surface area contributed by atoms with E-state index in [0.717, 1.165) is 5.56 Å². The fraction of sp³-hybridized carbons (Fsp3) is 0.323. The van der Waals surface area contributed by atoms with Crippen molar-refractivity contribution in [1.82, 2.24) is 4.58 Å². The van der Waals surface area contributed by atoms with Crippen molar-refractivity contribution < 1.29 is 41.5 Å². The molecule has 0 bridgehead atoms. The number of aromatic carboxylic acids is 1. The Kier molecular flexibility index (Phi) is 6.97. The Labute approximate surface area is 237 Å². The maximum absolute atomic E-state index is 13.6. The summed E-state index contributed by atoms with van der Waals surface area (Å²) in [6.07, 6.45) is 0.250. The lowest BCUT2D eigenvalue weighted by Gasteiger charge is -2.40. The number of halogens is 4. The highest BCUT2D eigenvalue weighted by Crippen LogP contribution is 2.44. The largest absolute Gasteiger partial charge is 0.478 e. The van der Waals surface area contributed by atoms with Crippen LogP contribution in [0.15, 0.2) is 59.0 Å². The normalized spacial score (nSPS) is 17.1. The van der Waals surface area contributed by atoms with Gasteiger partial charge in [-0.15, -0.1) is 0 Å². The molecule has 2 fully saturated rings. The van der Waals surface area contributed by atoms with Crippen LogP contribution in [0.3, 0.4) is 0 Å². The minimum absolute atomic E-state index is 0.106. The van der Waals surface area contributed by atoms with Crippen LogP contribution in [0.1, 0.15) is 36.7 Å². The molecule has 0 radical (unpaired) electrons. The molecule has 0 saturated carbocycles. The van der Waals surface area contributed by atoms with Gasteiger partial charge >= 0.3 is 18.0 Å². The summed E-state index contributed by atoms with van der Waals surface area (Å²) in [5.41, 5.74) is 3.45. The highest BCUT2D eigenvalue weighted by atomic mass is 19.3. The van der Waals surface area contributed by atoms with Crippen LogP contribution in [-0.2, 0) is 15.0 Å². The second kappa shape index (κ2) is 10.1. The van der Waals surface area contributed by atoms with Crippen LogP contribution < -0.4 is 14.8 Å². The molecule has 1 aliphatic carbocycles. The zero-order valence-electron chi connectivity index (χ0n) is 23.0. The molecule has 1 N–H and O–H groups in total. The number of carboxylic acid groups (broad SMARTS) is 1. The molecule has 42 heavy (non-hydrogen) atoms. The van der Waals surface area contributed by atoms with E-state index in [1.807, 2.05) is 26.8 Å². The van der Waals surface area contributed by atoms with Crippen LogP contribution in [-0.4, -0.2) is 55.3 Å². The van der Waals surface area contributed by atoms with E-state index in [9.17, 15) is 27.5 Å². The molecule has 0 amide bonds. The molecule has 0 spiro atoms. The van der Waals surface area contributed by atoms with E-state index in [1.165, 1.54) is 0 Å². The quantitative estimate of drug-likeness (QED) is 0.195. The number of fused-ring (bicyclic) bond motifs is 2. The minimum Gasteiger partial charge on any atom is -0.478 e. The summed E-state index contributed by atoms with van der Waals surface area (Å²) >= 11 is 0. The molecule has 6 rings (SSSR count). The van der Waals surface area contributed by atoms with Crippen LogP contribution >= 0.6 is 0 Å². The molecule has 7 nitrogen and oxygen atoms in total. The number of anilines is 1. The summed E-state index contributed by atoms with van der Waals surface area (Å²) in [5, 5.41) is 11.3. The van der Waals surface area contributed by atoms with Crippen LogP contribution in [0.5, 0.6) is 0 Å². The third-order valence-corrected chi connectivity index (χ3v) is 7.49. The zero-order valence-corrected chi connectivity index (χ0v) is 23.0. The van der Waals surface area contributed by atoms with Crippen molar-refractivity contribution in [3.05, 3.63) is 71.1 Å². The van der Waals surface area contributed by atoms with E-state index in [-0.39, 0.29) is 17.1 Å². The first kappa shape index (κ1) is 29.0. The molecule has 2 saturated heterocycles. The molecule has 2 aromatic carbocycles. The second-order valence-electron chi connectivity index (χ2n) is 11.7. The van der Waals surface area contributed by atoms with E-state index in [0.29, 0.717) is 44.5 Å². The Morgan fingerprint density at radius 1 is 0.929 bits per heavy atom. The van der Waals surface area contributed by atoms with Gasteiger partial charge < -0.3 is 14.4 Å². The Hall–Kier alpha value is -4.50. The highest BCUT2D eigenvalue weighted by molar-refractivity contribution is 6.08. The van der Waals surface area contributed by atoms with E-state index in [1.54, 1.807) is 58.0 Å². The average molecular weight is 584 g/mol. The maximum atomic E-state index is 13.6. The van der Waals surface area contributed by atoms with Gasteiger partial charge in [0.25, 0.3) is 5.92 Å². The second-order valence-corrected chi connectivity index (χ2v) is 11.7. The zero-order chi connectivity index (χ0) is 30.6. The summed E-state index contributed by atoms with van der Waals surface area (Å²) in [7, 11) is 0. The number of rotatable bonds is 3. The lowest BCUT2D eigenvalue weighted by molar-refractivity contribution is -0.191. The Balaban J connectivity index is 0.00000113. The number of alkyl halides is 4. The van der Waals surface area contributed by atoms with Crippen LogP contribution in [0.2, 0.25) is 0 Å². The van der Waals surface area contributed by atoms with Crippen molar-refractivity contribution >= 4 is 28.8 Å². The van der Waals surface area contributed by atoms with Gasteiger partial charge in [-0.05, 0) is 46.9 Å². The molecule has 4 aliphatic rings. The standard InChI is InChI=1S/C30H26F4N2O3.CO2/c1-28(2,3)17-4-7-20(27(37)38)23(10-17)26-21-8-5-18(35-13-29(31,32)14-35)11-24(21)39-25-12-19(6-9-22(25)26)36-15-30(33,34)16-36;2-1-3/h4-12H,13-16H2,1-3H3;/p+1. The highest BCUT2D eigenvalue weighted by Gasteiger charge is 2.50. The van der Waals surface area contributed by atoms with Gasteiger partial charge in [-0.3, -0.25) is 0 Å². The van der Waals surface area contributed by atoms with Crippen molar-refractivity contribution in [2.24, 2.45) is 0 Å². The molecule has 0 unspecified atom stereocenters. The third kappa shape index (κ3) is 5.39. The van der Waals surface area contributed by atoms with Crippen LogP contribution in [0, 0.1) is 0 Å². The summed E-state index contributed by atoms with van der Waals surface area (Å²) < 4.78 is 62.1. The van der Waals surface area contributed by atoms with Gasteiger partial charge in [-0.1, -0.05) is 26.8 Å². The number of hydrogen-bond acceptors (Lipinski definition) is 5. The fourth-order valence-corrected chi connectivity index (χ4v) is 5.34. The van der Waals surface area contributed by atoms with Crippen molar-refractivity contribution in [1.29, 1.82) is 0 Å². The van der Waals surface area contributed by atoms with Crippen LogP contribution in [0.25, 0.3) is 33.4 Å². The van der Waals surface area contributed by atoms with E-state index in [4.69, 9.17) is 14.0 Å². The summed E-state index contributed by atoms with van der Waals surface area (Å²) in [5.74, 6) is -6.21. The summed E-state index contributed by atoms with van der Waals surface area (Å²) in [4.78, 5) is 30.1. The van der Waals surface area contributed by atoms with Gasteiger partial charge in [0, 0.05) is 34.3 Å². The molecule has 2 aromatic rings. The first-order valence-corrected chi connectivity index (χ1v) is 13.1. The van der Waals surface area contributed by atoms with Gasteiger partial charge in [0.2, 0.25) is 18.4 Å². The number of benzene rings is 3. The summed E-state index contributed by atoms with van der Waals surface area (Å²) in [6, 6.07) is 15.6. The van der Waals surface area contributed by atoms with Crippen molar-refractivity contribution in [2.45, 2.75) is 38.0 Å². The lowest BCUT2D eigenvalue weighted by atomic mass is 9.82. The molecule has 218 valence electrons. The van der Waals surface area contributed by atoms with Crippen LogP contribution in [0.4, 0.5) is 23.2 Å². The van der Waals surface area contributed by atoms with E-state index >= 15 is 0 Å². The Morgan fingerprint density at radius 2 is 1.60 bits per heavy atom. The molecule has 3 aliphatic heterocycles. The minimum atomic E-state index is -2.75. The van der Waals surface area contributed by atoms with Gasteiger partial charge in [0.1, 0.15) is 11.3 Å². The molecular weight excluding hydrogens is 556 g/mol. The first-order valence-electron chi connectivity index (χ1n) is 13.1. The number of carbonyl (C=O) groups is 1.